The molecular weight excluding hydrogens is 1540 g/mol. The minimum atomic E-state index is -3.69. The number of ether oxygens (including phenoxy) is 6. The third-order valence-corrected chi connectivity index (χ3v) is 25.5. The summed E-state index contributed by atoms with van der Waals surface area (Å²) in [7, 11) is -17.4. The highest BCUT2D eigenvalue weighted by molar-refractivity contribution is 7.90. The van der Waals surface area contributed by atoms with Gasteiger partial charge in [-0.3, -0.25) is 33.6 Å². The lowest BCUT2D eigenvalue weighted by molar-refractivity contribution is -0.322. The van der Waals surface area contributed by atoms with Gasteiger partial charge < -0.3 is 39.1 Å². The molecule has 7 rings (SSSR count). The summed E-state index contributed by atoms with van der Waals surface area (Å²) in [6.45, 7) is 34.2. The van der Waals surface area contributed by atoms with Crippen LogP contribution in [0.15, 0.2) is 58.3 Å². The lowest BCUT2D eigenvalue weighted by atomic mass is 9.87. The Balaban J connectivity index is 0. The lowest BCUT2D eigenvalue weighted by Crippen LogP contribution is -2.51. The number of rotatable bonds is 24. The Morgan fingerprint density at radius 1 is 0.559 bits per heavy atom. The van der Waals surface area contributed by atoms with E-state index in [1.165, 1.54) is 31.2 Å². The first-order valence-electron chi connectivity index (χ1n) is 37.3. The summed E-state index contributed by atoms with van der Waals surface area (Å²) in [4.78, 5) is 78.7. The first-order chi connectivity index (χ1) is 49.9. The molecule has 30 nitrogen and oxygen atoms in total. The number of unbranched alkanes of at least 4 members (excludes halogenated alkanes) is 1. The second-order valence-electron chi connectivity index (χ2n) is 30.8. The van der Waals surface area contributed by atoms with Crippen LogP contribution in [-0.4, -0.2) is 155 Å². The van der Waals surface area contributed by atoms with Crippen molar-refractivity contribution in [2.75, 3.05) is 24.3 Å². The van der Waals surface area contributed by atoms with Gasteiger partial charge in [0.1, 0.15) is 37.0 Å². The molecule has 0 bridgehead atoms. The second-order valence-corrected chi connectivity index (χ2v) is 39.4. The van der Waals surface area contributed by atoms with Crippen molar-refractivity contribution in [1.29, 1.82) is 0 Å². The number of ketones is 3. The van der Waals surface area contributed by atoms with Gasteiger partial charge in [-0.15, -0.1) is 0 Å². The van der Waals surface area contributed by atoms with E-state index in [2.05, 4.69) is 24.5 Å². The number of hydrogen-bond acceptors (Lipinski definition) is 23. The van der Waals surface area contributed by atoms with Crippen LogP contribution in [0, 0.1) is 28.1 Å². The van der Waals surface area contributed by atoms with E-state index >= 15 is 0 Å². The summed E-state index contributed by atoms with van der Waals surface area (Å²) in [5, 5.41) is 30.1. The van der Waals surface area contributed by atoms with Crippen LogP contribution in [0.3, 0.4) is 0 Å². The van der Waals surface area contributed by atoms with Crippen molar-refractivity contribution in [3.05, 3.63) is 54.1 Å². The van der Waals surface area contributed by atoms with Crippen LogP contribution in [0.4, 0.5) is 5.69 Å². The van der Waals surface area contributed by atoms with Crippen molar-refractivity contribution in [1.82, 2.24) is 5.32 Å². The smallest absolute Gasteiger partial charge is 0.313 e. The maximum absolute atomic E-state index is 12.0. The number of amides is 2. The minimum absolute atomic E-state index is 0. The van der Waals surface area contributed by atoms with E-state index in [9.17, 15) is 75.7 Å². The number of nitrogens with one attached hydrogen (secondary N) is 2. The Morgan fingerprint density at radius 2 is 0.964 bits per heavy atom. The standard InChI is InChI=1S/C12H24N2O3S.C12H18N2O3S.C12H20O5.C11H21NO4S.C10H21NO4S.C10H15NO2S.C7H10O2.2CH4/c2*1-4-12(2,3)11(15)14-9-5-7-10(8-6-9)18(13,16)17;1-5-12(3,4)11(15)17-7-6-16-10(14)8-9(2)13;1-8-7-9(2)16-11(15-8)5-3-10(4-6-11)17(12,13)14;1-8-7-9(2)15-10(14-8)5-3-4-6-16(11,12)13;1-3-8(2)9-4-6-10(7-5-9)14(11,12)13;1-4-5(2)7(9)3-6(4)8;;/h9-10H,4-8H2,1-3H3,(H,14,15)(H2,13,16,17);5-8H,4H2,1-3H3,(H,14,15)(H2,13,16,17);5-8H2,1-4H3;8-10H,3-7H2,1-2H3,(H2,12,13,14);8-10H,3-7H2,1-2H3,(H2,11,12,13);4-8H,3H2,1-2H3,(H2,11,12,13);4-5H,3H2,1-2H3;2*1H4. The SMILES string of the molecule is C.C.CC1C(=O)CC(=O)C1C.CC1CC(C)OC(CCCCS(N)(=O)=O)O1.CC1CC(C)OC2(CCC(S(N)(=O)=O)CC2)O1.CCC(C)(C)C(=O)NC1CCC(S(N)(=O)=O)CC1.CCC(C)(C)C(=O)Nc1ccc(S(N)(=O)=O)cc1.CCC(C)(C)C(=O)OCCOC(=O)CC(C)=O.CCC(C)c1ccc(S(N)(=O)=O)cc1. The summed E-state index contributed by atoms with van der Waals surface area (Å²) in [5.41, 5.74) is 0.340. The maximum Gasteiger partial charge on any atom is 0.313 e. The number of hydrogen-bond donors (Lipinski definition) is 7. The van der Waals surface area contributed by atoms with E-state index in [4.69, 9.17) is 54.1 Å². The van der Waals surface area contributed by atoms with Gasteiger partial charge in [0, 0.05) is 47.2 Å². The third kappa shape index (κ3) is 41.7. The maximum atomic E-state index is 12.0. The van der Waals surface area contributed by atoms with Crippen LogP contribution in [-0.2, 0) is 112 Å². The van der Waals surface area contributed by atoms with Gasteiger partial charge in [-0.2, -0.15) is 0 Å². The van der Waals surface area contributed by atoms with E-state index in [0.29, 0.717) is 82.2 Å². The number of carbonyl (C=O) groups excluding carboxylic acids is 7. The van der Waals surface area contributed by atoms with Gasteiger partial charge in [-0.25, -0.2) is 67.8 Å². The molecule has 1 spiro atoms. The van der Waals surface area contributed by atoms with Gasteiger partial charge in [0.2, 0.25) is 61.9 Å². The van der Waals surface area contributed by atoms with Gasteiger partial charge >= 0.3 is 11.9 Å². The zero-order valence-corrected chi connectivity index (χ0v) is 71.4. The molecule has 0 aromatic heterocycles. The average Bonchev–Trinajstić information content (AvgIpc) is 1.38. The largest absolute Gasteiger partial charge is 0.462 e. The molecule has 3 saturated carbocycles. The van der Waals surface area contributed by atoms with Crippen LogP contribution in [0.1, 0.15) is 273 Å². The van der Waals surface area contributed by atoms with Crippen molar-refractivity contribution in [2.45, 2.75) is 330 Å². The van der Waals surface area contributed by atoms with E-state index in [0.717, 1.165) is 44.1 Å². The third-order valence-electron chi connectivity index (χ3n) is 20.0. The highest BCUT2D eigenvalue weighted by Crippen LogP contribution is 2.40. The molecular formula is C76H137N7O23S5. The molecule has 2 saturated heterocycles. The number of sulfonamides is 5. The normalized spacial score (nSPS) is 23.7. The molecule has 2 aromatic rings. The lowest BCUT2D eigenvalue weighted by Gasteiger charge is -2.46. The molecule has 5 fully saturated rings. The predicted molar refractivity (Wildman–Crippen MR) is 431 cm³/mol. The number of esters is 2. The van der Waals surface area contributed by atoms with Crippen molar-refractivity contribution in [3.8, 4) is 0 Å². The van der Waals surface area contributed by atoms with Crippen molar-refractivity contribution in [3.63, 3.8) is 0 Å². The molecule has 2 heterocycles. The number of anilines is 1. The number of carbonyl (C=O) groups is 7. The zero-order valence-electron chi connectivity index (χ0n) is 67.3. The Hall–Kier alpha value is -5.28. The summed E-state index contributed by atoms with van der Waals surface area (Å²) in [5.74, 6) is -1.16. The molecule has 7 atom stereocenters. The van der Waals surface area contributed by atoms with Crippen LogP contribution >= 0.6 is 0 Å². The molecule has 2 amide bonds. The van der Waals surface area contributed by atoms with Crippen molar-refractivity contribution in [2.24, 2.45) is 53.8 Å². The van der Waals surface area contributed by atoms with Crippen LogP contribution < -0.4 is 36.3 Å². The second kappa shape index (κ2) is 48.3. The first-order valence-corrected chi connectivity index (χ1v) is 45.4. The predicted octanol–water partition coefficient (Wildman–Crippen LogP) is 10.4. The Kier molecular flexibility index (Phi) is 46.9. The number of Topliss-reactive ketones (excluding diaryl/α,β-unsaturated/α-hetero) is 3. The van der Waals surface area contributed by atoms with E-state index in [-0.39, 0.29) is 146 Å². The molecule has 2 aromatic carbocycles. The van der Waals surface area contributed by atoms with Gasteiger partial charge in [-0.05, 0) is 193 Å². The van der Waals surface area contributed by atoms with Gasteiger partial charge in [-0.1, -0.05) is 103 Å². The Bertz CT molecular complexity index is 3790. The monoisotopic (exact) mass is 1680 g/mol. The molecule has 644 valence electrons. The molecule has 12 N–H and O–H groups in total. The van der Waals surface area contributed by atoms with Gasteiger partial charge in [0.15, 0.2) is 12.1 Å². The van der Waals surface area contributed by atoms with Crippen LogP contribution in [0.25, 0.3) is 0 Å². The molecule has 111 heavy (non-hydrogen) atoms. The summed E-state index contributed by atoms with van der Waals surface area (Å²) in [6, 6.07) is 12.6. The van der Waals surface area contributed by atoms with E-state index in [1.54, 1.807) is 26.0 Å². The number of benzene rings is 2. The highest BCUT2D eigenvalue weighted by Gasteiger charge is 2.45. The summed E-state index contributed by atoms with van der Waals surface area (Å²) >= 11 is 0. The molecule has 0 radical (unpaired) electrons. The van der Waals surface area contributed by atoms with Crippen LogP contribution in [0.5, 0.6) is 0 Å². The first kappa shape index (κ1) is 108. The average molecular weight is 1680 g/mol. The Labute approximate surface area is 664 Å². The quantitative estimate of drug-likeness (QED) is 0.0292. The molecule has 3 aliphatic carbocycles. The zero-order chi connectivity index (χ0) is 84.1. The molecule has 5 aliphatic rings. The summed E-state index contributed by atoms with van der Waals surface area (Å²) < 4.78 is 143. The highest BCUT2D eigenvalue weighted by atomic mass is 32.2. The molecule has 35 heteroatoms. The fourth-order valence-corrected chi connectivity index (χ4v) is 14.7. The van der Waals surface area contributed by atoms with E-state index < -0.39 is 83.2 Å². The Morgan fingerprint density at radius 3 is 1.34 bits per heavy atom. The number of nitrogens with two attached hydrogens (primary N) is 5. The van der Waals surface area contributed by atoms with E-state index in [1.807, 2.05) is 102 Å². The van der Waals surface area contributed by atoms with Gasteiger partial charge in [0.25, 0.3) is 0 Å². The van der Waals surface area contributed by atoms with Crippen molar-refractivity contribution >= 4 is 96.9 Å². The fraction of sp³-hybridized carbons (Fsp3) is 0.750. The van der Waals surface area contributed by atoms with Crippen molar-refractivity contribution < 1.29 is 104 Å². The van der Waals surface area contributed by atoms with Crippen LogP contribution in [0.2, 0.25) is 0 Å². The summed E-state index contributed by atoms with van der Waals surface area (Å²) in [6.07, 6.45) is 12.3. The van der Waals surface area contributed by atoms with Gasteiger partial charge in [0.05, 0.1) is 62.3 Å². The molecule has 7 unspecified atom stereocenters. The fourth-order valence-electron chi connectivity index (χ4n) is 11.2. The number of primary sulfonamides is 5. The minimum Gasteiger partial charge on any atom is -0.462 e. The molecule has 2 aliphatic heterocycles. The topological polar surface area (TPSA) is 500 Å².